The Hall–Kier alpha value is -2.22. The van der Waals surface area contributed by atoms with Gasteiger partial charge in [-0.05, 0) is 42.2 Å². The zero-order valence-corrected chi connectivity index (χ0v) is 18.0. The van der Waals surface area contributed by atoms with E-state index < -0.39 is 10.0 Å². The van der Waals surface area contributed by atoms with Gasteiger partial charge in [-0.1, -0.05) is 38.1 Å². The van der Waals surface area contributed by atoms with Crippen molar-refractivity contribution in [1.82, 2.24) is 9.71 Å². The number of hydrogen-bond donors (Lipinski definition) is 1. The molecule has 148 valence electrons. The van der Waals surface area contributed by atoms with Gasteiger partial charge >= 0.3 is 0 Å². The molecule has 28 heavy (non-hydrogen) atoms. The predicted molar refractivity (Wildman–Crippen MR) is 113 cm³/mol. The van der Waals surface area contributed by atoms with E-state index in [1.54, 1.807) is 24.5 Å². The van der Waals surface area contributed by atoms with Crippen molar-refractivity contribution in [3.8, 4) is 17.0 Å². The molecule has 0 aliphatic heterocycles. The fourth-order valence-electron chi connectivity index (χ4n) is 2.94. The van der Waals surface area contributed by atoms with Gasteiger partial charge in [-0.25, -0.2) is 18.1 Å². The maximum absolute atomic E-state index is 13.1. The molecule has 0 aliphatic carbocycles. The minimum atomic E-state index is -3.69. The Balaban J connectivity index is 1.94. The minimum absolute atomic E-state index is 0.0783. The molecule has 3 aromatic rings. The highest BCUT2D eigenvalue weighted by Crippen LogP contribution is 2.30. The van der Waals surface area contributed by atoms with Crippen molar-refractivity contribution in [2.75, 3.05) is 7.11 Å². The highest BCUT2D eigenvalue weighted by Gasteiger charge is 2.21. The highest BCUT2D eigenvalue weighted by molar-refractivity contribution is 7.89. The third kappa shape index (κ3) is 4.60. The number of thiazole rings is 1. The maximum atomic E-state index is 13.1. The first-order valence-electron chi connectivity index (χ1n) is 8.99. The normalized spacial score (nSPS) is 11.8. The molecule has 0 unspecified atom stereocenters. The first-order chi connectivity index (χ1) is 13.3. The van der Waals surface area contributed by atoms with Crippen LogP contribution in [0.4, 0.5) is 0 Å². The van der Waals surface area contributed by atoms with Crippen LogP contribution < -0.4 is 9.46 Å². The average Bonchev–Trinajstić information content (AvgIpc) is 3.12. The summed E-state index contributed by atoms with van der Waals surface area (Å²) in [7, 11) is -2.11. The second-order valence-corrected chi connectivity index (χ2v) is 9.63. The van der Waals surface area contributed by atoms with Crippen LogP contribution in [-0.2, 0) is 16.6 Å². The smallest absolute Gasteiger partial charge is 0.241 e. The molecule has 1 heterocycles. The number of aryl methyl sites for hydroxylation is 1. The van der Waals surface area contributed by atoms with E-state index in [9.17, 15) is 8.42 Å². The molecule has 0 bridgehead atoms. The van der Waals surface area contributed by atoms with Crippen LogP contribution in [0, 0.1) is 6.92 Å². The summed E-state index contributed by atoms with van der Waals surface area (Å²) in [6, 6.07) is 12.9. The van der Waals surface area contributed by atoms with E-state index in [1.165, 1.54) is 0 Å². The van der Waals surface area contributed by atoms with Crippen LogP contribution in [0.25, 0.3) is 11.3 Å². The van der Waals surface area contributed by atoms with Gasteiger partial charge < -0.3 is 4.74 Å². The molecule has 5 nitrogen and oxygen atoms in total. The van der Waals surface area contributed by atoms with Crippen molar-refractivity contribution >= 4 is 21.4 Å². The topological polar surface area (TPSA) is 68.3 Å². The summed E-state index contributed by atoms with van der Waals surface area (Å²) in [5.74, 6) is 0.773. The molecule has 3 rings (SSSR count). The Bertz CT molecular complexity index is 1070. The van der Waals surface area contributed by atoms with E-state index in [0.717, 1.165) is 27.4 Å². The Labute approximate surface area is 170 Å². The third-order valence-electron chi connectivity index (χ3n) is 4.44. The molecule has 0 radical (unpaired) electrons. The van der Waals surface area contributed by atoms with E-state index >= 15 is 0 Å². The zero-order valence-electron chi connectivity index (χ0n) is 16.4. The first kappa shape index (κ1) is 20.5. The lowest BCUT2D eigenvalue weighted by Gasteiger charge is -2.15. The minimum Gasteiger partial charge on any atom is -0.497 e. The van der Waals surface area contributed by atoms with Crippen LogP contribution in [0.2, 0.25) is 0 Å². The van der Waals surface area contributed by atoms with Crippen molar-refractivity contribution in [3.05, 3.63) is 64.0 Å². The molecular formula is C21H24N2O3S2. The third-order valence-corrected chi connectivity index (χ3v) is 6.67. The van der Waals surface area contributed by atoms with Crippen molar-refractivity contribution in [2.24, 2.45) is 0 Å². The summed E-state index contributed by atoms with van der Waals surface area (Å²) in [6.07, 6.45) is 0. The number of nitrogens with one attached hydrogen (secondary N) is 1. The van der Waals surface area contributed by atoms with Gasteiger partial charge in [0.1, 0.15) is 5.75 Å². The van der Waals surface area contributed by atoms with Gasteiger partial charge in [0.15, 0.2) is 0 Å². The number of sulfonamides is 1. The Morgan fingerprint density at radius 2 is 1.96 bits per heavy atom. The largest absolute Gasteiger partial charge is 0.497 e. The molecule has 1 N–H and O–H groups in total. The summed E-state index contributed by atoms with van der Waals surface area (Å²) in [6.45, 7) is 6.10. The fraction of sp³-hybridized carbons (Fsp3) is 0.286. The van der Waals surface area contributed by atoms with Crippen LogP contribution in [-0.4, -0.2) is 20.5 Å². The molecule has 0 amide bonds. The molecule has 0 aliphatic rings. The standard InChI is InChI=1S/C21H24N2O3S2/c1-14(2)19-9-8-17(20-13-27-15(3)23-20)11-21(19)28(24,25)22-12-16-6-5-7-18(10-16)26-4/h5-11,13-14,22H,12H2,1-4H3. The number of methoxy groups -OCH3 is 1. The van der Waals surface area contributed by atoms with Crippen LogP contribution in [0.15, 0.2) is 52.7 Å². The SMILES string of the molecule is COc1cccc(CNS(=O)(=O)c2cc(-c3csc(C)n3)ccc2C(C)C)c1. The van der Waals surface area contributed by atoms with Gasteiger partial charge in [-0.3, -0.25) is 0 Å². The molecule has 0 saturated carbocycles. The van der Waals surface area contributed by atoms with E-state index in [2.05, 4.69) is 9.71 Å². The summed E-state index contributed by atoms with van der Waals surface area (Å²) in [4.78, 5) is 4.78. The number of nitrogens with zero attached hydrogens (tertiary/aromatic N) is 1. The molecule has 7 heteroatoms. The summed E-state index contributed by atoms with van der Waals surface area (Å²) in [5, 5.41) is 2.89. The van der Waals surface area contributed by atoms with Crippen LogP contribution >= 0.6 is 11.3 Å². The average molecular weight is 417 g/mol. The van der Waals surface area contributed by atoms with E-state index in [0.29, 0.717) is 10.6 Å². The van der Waals surface area contributed by atoms with Crippen LogP contribution in [0.1, 0.15) is 35.9 Å². The van der Waals surface area contributed by atoms with Crippen LogP contribution in [0.5, 0.6) is 5.75 Å². The number of ether oxygens (including phenoxy) is 1. The summed E-state index contributed by atoms with van der Waals surface area (Å²) < 4.78 is 34.2. The number of benzene rings is 2. The maximum Gasteiger partial charge on any atom is 0.241 e. The molecule has 0 spiro atoms. The van der Waals surface area contributed by atoms with Gasteiger partial charge in [0, 0.05) is 17.5 Å². The van der Waals surface area contributed by atoms with Crippen molar-refractivity contribution in [3.63, 3.8) is 0 Å². The van der Waals surface area contributed by atoms with Crippen molar-refractivity contribution in [1.29, 1.82) is 0 Å². The lowest BCUT2D eigenvalue weighted by atomic mass is 10.0. The van der Waals surface area contributed by atoms with E-state index in [-0.39, 0.29) is 12.5 Å². The number of aromatic nitrogens is 1. The van der Waals surface area contributed by atoms with Crippen molar-refractivity contribution in [2.45, 2.75) is 38.1 Å². The molecule has 0 atom stereocenters. The molecule has 0 fully saturated rings. The number of rotatable bonds is 7. The molecule has 1 aromatic heterocycles. The fourth-order valence-corrected chi connectivity index (χ4v) is 4.97. The summed E-state index contributed by atoms with van der Waals surface area (Å²) in [5.41, 5.74) is 3.21. The second kappa shape index (κ2) is 8.43. The Morgan fingerprint density at radius 3 is 2.61 bits per heavy atom. The van der Waals surface area contributed by atoms with Crippen LogP contribution in [0.3, 0.4) is 0 Å². The quantitative estimate of drug-likeness (QED) is 0.605. The zero-order chi connectivity index (χ0) is 20.3. The highest BCUT2D eigenvalue weighted by atomic mass is 32.2. The first-order valence-corrected chi connectivity index (χ1v) is 11.4. The van der Waals surface area contributed by atoms with Gasteiger partial charge in [0.25, 0.3) is 0 Å². The van der Waals surface area contributed by atoms with Gasteiger partial charge in [-0.2, -0.15) is 0 Å². The van der Waals surface area contributed by atoms with E-state index in [4.69, 9.17) is 4.74 Å². The monoisotopic (exact) mass is 416 g/mol. The molecule has 0 saturated heterocycles. The summed E-state index contributed by atoms with van der Waals surface area (Å²) >= 11 is 1.55. The predicted octanol–water partition coefficient (Wildman–Crippen LogP) is 4.73. The molecule has 2 aromatic carbocycles. The lowest BCUT2D eigenvalue weighted by Crippen LogP contribution is -2.24. The Kier molecular flexibility index (Phi) is 6.17. The Morgan fingerprint density at radius 1 is 1.18 bits per heavy atom. The lowest BCUT2D eigenvalue weighted by molar-refractivity contribution is 0.414. The number of hydrogen-bond acceptors (Lipinski definition) is 5. The molecular weight excluding hydrogens is 392 g/mol. The van der Waals surface area contributed by atoms with E-state index in [1.807, 2.05) is 62.5 Å². The van der Waals surface area contributed by atoms with Gasteiger partial charge in [0.2, 0.25) is 10.0 Å². The van der Waals surface area contributed by atoms with Crippen molar-refractivity contribution < 1.29 is 13.2 Å². The second-order valence-electron chi connectivity index (χ2n) is 6.84. The van der Waals surface area contributed by atoms with Gasteiger partial charge in [0.05, 0.1) is 22.7 Å². The van der Waals surface area contributed by atoms with Gasteiger partial charge in [-0.15, -0.1) is 11.3 Å².